The summed E-state index contributed by atoms with van der Waals surface area (Å²) in [6.45, 7) is 2.71. The molecule has 0 aliphatic rings. The Bertz CT molecular complexity index is 611. The zero-order valence-corrected chi connectivity index (χ0v) is 12.2. The minimum absolute atomic E-state index is 0.163. The van der Waals surface area contributed by atoms with E-state index in [-0.39, 0.29) is 23.6 Å². The van der Waals surface area contributed by atoms with Gasteiger partial charge < -0.3 is 10.1 Å². The average Bonchev–Trinajstić information content (AvgIpc) is 2.87. The zero-order valence-electron chi connectivity index (χ0n) is 11.4. The van der Waals surface area contributed by atoms with E-state index in [1.165, 1.54) is 11.4 Å². The fourth-order valence-electron chi connectivity index (χ4n) is 1.68. The number of rotatable bonds is 6. The quantitative estimate of drug-likeness (QED) is 0.831. The molecule has 1 heterocycles. The molecule has 21 heavy (non-hydrogen) atoms. The molecule has 1 aromatic carbocycles. The van der Waals surface area contributed by atoms with Gasteiger partial charge in [0.15, 0.2) is 5.13 Å². The minimum atomic E-state index is -0.686. The number of hydrogen-bond donors (Lipinski definition) is 1. The Morgan fingerprint density at radius 3 is 2.76 bits per heavy atom. The molecule has 0 spiro atoms. The van der Waals surface area contributed by atoms with Gasteiger partial charge in [0.1, 0.15) is 11.6 Å². The Kier molecular flexibility index (Phi) is 5.35. The van der Waals surface area contributed by atoms with Crippen LogP contribution in [0.2, 0.25) is 0 Å². The van der Waals surface area contributed by atoms with E-state index in [1.807, 2.05) is 6.92 Å². The first kappa shape index (κ1) is 15.5. The number of aromatic nitrogens is 1. The van der Waals surface area contributed by atoms with Gasteiger partial charge in [0.05, 0.1) is 24.3 Å². The fourth-order valence-corrected chi connectivity index (χ4v) is 2.40. The molecule has 2 rings (SSSR count). The summed E-state index contributed by atoms with van der Waals surface area (Å²) in [6, 6.07) is 3.62. The number of nitrogens with zero attached hydrogens (tertiary/aromatic N) is 1. The van der Waals surface area contributed by atoms with E-state index in [4.69, 9.17) is 4.74 Å². The van der Waals surface area contributed by atoms with E-state index in [1.54, 1.807) is 0 Å². The Hall–Kier alpha value is -1.86. The SMILES string of the molecule is CCOCCC(=O)Nc1nc(-c2c(F)cccc2F)cs1. The van der Waals surface area contributed by atoms with Gasteiger partial charge in [-0.05, 0) is 19.1 Å². The van der Waals surface area contributed by atoms with Crippen molar-refractivity contribution >= 4 is 22.4 Å². The van der Waals surface area contributed by atoms with Crippen LogP contribution in [0.3, 0.4) is 0 Å². The summed E-state index contributed by atoms with van der Waals surface area (Å²) < 4.78 is 32.3. The molecule has 0 fully saturated rings. The van der Waals surface area contributed by atoms with E-state index in [0.717, 1.165) is 23.5 Å². The highest BCUT2D eigenvalue weighted by Gasteiger charge is 2.15. The maximum atomic E-state index is 13.6. The topological polar surface area (TPSA) is 51.2 Å². The first-order valence-electron chi connectivity index (χ1n) is 6.39. The second kappa shape index (κ2) is 7.24. The molecule has 0 atom stereocenters. The van der Waals surface area contributed by atoms with Crippen LogP contribution in [0.1, 0.15) is 13.3 Å². The maximum absolute atomic E-state index is 13.6. The van der Waals surface area contributed by atoms with Crippen molar-refractivity contribution in [2.75, 3.05) is 18.5 Å². The molecular formula is C14H14F2N2O2S. The van der Waals surface area contributed by atoms with Crippen LogP contribution >= 0.6 is 11.3 Å². The Labute approximate surface area is 124 Å². The molecule has 2 aromatic rings. The van der Waals surface area contributed by atoms with Crippen LogP contribution in [0, 0.1) is 11.6 Å². The summed E-state index contributed by atoms with van der Waals surface area (Å²) in [7, 11) is 0. The first-order valence-corrected chi connectivity index (χ1v) is 7.27. The number of amides is 1. The van der Waals surface area contributed by atoms with E-state index >= 15 is 0 Å². The van der Waals surface area contributed by atoms with Crippen molar-refractivity contribution in [3.63, 3.8) is 0 Å². The number of hydrogen-bond acceptors (Lipinski definition) is 4. The summed E-state index contributed by atoms with van der Waals surface area (Å²) in [5.41, 5.74) is -0.0285. The first-order chi connectivity index (χ1) is 10.1. The predicted octanol–water partition coefficient (Wildman–Crippen LogP) is 3.45. The van der Waals surface area contributed by atoms with Gasteiger partial charge in [0, 0.05) is 12.0 Å². The highest BCUT2D eigenvalue weighted by atomic mass is 32.1. The number of nitrogens with one attached hydrogen (secondary N) is 1. The molecule has 112 valence electrons. The van der Waals surface area contributed by atoms with Gasteiger partial charge in [0.2, 0.25) is 5.91 Å². The standard InChI is InChI=1S/C14H14F2N2O2S/c1-2-20-7-6-12(19)18-14-17-11(8-21-14)13-9(15)4-3-5-10(13)16/h3-5,8H,2,6-7H2,1H3,(H,17,18,19). The highest BCUT2D eigenvalue weighted by molar-refractivity contribution is 7.14. The van der Waals surface area contributed by atoms with Gasteiger partial charge in [-0.3, -0.25) is 4.79 Å². The van der Waals surface area contributed by atoms with Gasteiger partial charge >= 0.3 is 0 Å². The van der Waals surface area contributed by atoms with Crippen LogP contribution < -0.4 is 5.32 Å². The molecule has 0 saturated heterocycles. The van der Waals surface area contributed by atoms with Gasteiger partial charge in [0.25, 0.3) is 0 Å². The third-order valence-electron chi connectivity index (χ3n) is 2.65. The fraction of sp³-hybridized carbons (Fsp3) is 0.286. The Morgan fingerprint density at radius 2 is 2.10 bits per heavy atom. The molecule has 4 nitrogen and oxygen atoms in total. The molecule has 0 radical (unpaired) electrons. The Balaban J connectivity index is 2.06. The lowest BCUT2D eigenvalue weighted by Crippen LogP contribution is -2.13. The van der Waals surface area contributed by atoms with Crippen LogP contribution in [0.25, 0.3) is 11.3 Å². The normalized spacial score (nSPS) is 10.6. The summed E-state index contributed by atoms with van der Waals surface area (Å²) >= 11 is 1.11. The van der Waals surface area contributed by atoms with E-state index in [2.05, 4.69) is 10.3 Å². The minimum Gasteiger partial charge on any atom is -0.381 e. The maximum Gasteiger partial charge on any atom is 0.228 e. The number of ether oxygens (including phenoxy) is 1. The largest absolute Gasteiger partial charge is 0.381 e. The molecule has 0 unspecified atom stereocenters. The second-order valence-corrected chi connectivity index (χ2v) is 4.99. The van der Waals surface area contributed by atoms with Crippen LogP contribution in [-0.2, 0) is 9.53 Å². The number of carbonyl (C=O) groups is 1. The molecule has 7 heteroatoms. The van der Waals surface area contributed by atoms with Crippen molar-refractivity contribution in [2.45, 2.75) is 13.3 Å². The number of halogens is 2. The molecule has 1 amide bonds. The lowest BCUT2D eigenvalue weighted by atomic mass is 10.1. The monoisotopic (exact) mass is 312 g/mol. The third kappa shape index (κ3) is 4.05. The lowest BCUT2D eigenvalue weighted by molar-refractivity contribution is -0.117. The van der Waals surface area contributed by atoms with Crippen molar-refractivity contribution in [3.05, 3.63) is 35.2 Å². The molecular weight excluding hydrogens is 298 g/mol. The Morgan fingerprint density at radius 1 is 1.38 bits per heavy atom. The number of benzene rings is 1. The second-order valence-electron chi connectivity index (χ2n) is 4.13. The van der Waals surface area contributed by atoms with Gasteiger partial charge in [-0.2, -0.15) is 0 Å². The molecule has 1 N–H and O–H groups in total. The lowest BCUT2D eigenvalue weighted by Gasteiger charge is -2.02. The van der Waals surface area contributed by atoms with Crippen molar-refractivity contribution in [1.29, 1.82) is 0 Å². The number of thiazole rings is 1. The number of carbonyl (C=O) groups excluding carboxylic acids is 1. The van der Waals surface area contributed by atoms with Gasteiger partial charge in [-0.1, -0.05) is 6.07 Å². The molecule has 0 aliphatic heterocycles. The summed E-state index contributed by atoms with van der Waals surface area (Å²) in [5.74, 6) is -1.62. The van der Waals surface area contributed by atoms with Crippen LogP contribution in [0.5, 0.6) is 0 Å². The third-order valence-corrected chi connectivity index (χ3v) is 3.40. The number of anilines is 1. The molecule has 0 saturated carbocycles. The molecule has 0 aliphatic carbocycles. The average molecular weight is 312 g/mol. The highest BCUT2D eigenvalue weighted by Crippen LogP contribution is 2.29. The van der Waals surface area contributed by atoms with Gasteiger partial charge in [-0.25, -0.2) is 13.8 Å². The van der Waals surface area contributed by atoms with E-state index < -0.39 is 11.6 Å². The van der Waals surface area contributed by atoms with Crippen LogP contribution in [-0.4, -0.2) is 24.1 Å². The molecule has 0 bridgehead atoms. The van der Waals surface area contributed by atoms with Crippen molar-refractivity contribution in [1.82, 2.24) is 4.98 Å². The van der Waals surface area contributed by atoms with Crippen LogP contribution in [0.4, 0.5) is 13.9 Å². The van der Waals surface area contributed by atoms with Crippen molar-refractivity contribution in [2.24, 2.45) is 0 Å². The van der Waals surface area contributed by atoms with E-state index in [9.17, 15) is 13.6 Å². The van der Waals surface area contributed by atoms with E-state index in [0.29, 0.717) is 18.3 Å². The summed E-state index contributed by atoms with van der Waals surface area (Å²) in [4.78, 5) is 15.6. The zero-order chi connectivity index (χ0) is 15.2. The predicted molar refractivity (Wildman–Crippen MR) is 77.2 cm³/mol. The van der Waals surface area contributed by atoms with Crippen molar-refractivity contribution in [3.8, 4) is 11.3 Å². The van der Waals surface area contributed by atoms with Gasteiger partial charge in [-0.15, -0.1) is 11.3 Å². The smallest absolute Gasteiger partial charge is 0.228 e. The van der Waals surface area contributed by atoms with Crippen molar-refractivity contribution < 1.29 is 18.3 Å². The summed E-state index contributed by atoms with van der Waals surface area (Å²) in [6.07, 6.45) is 0.205. The summed E-state index contributed by atoms with van der Waals surface area (Å²) in [5, 5.41) is 4.37. The van der Waals surface area contributed by atoms with Crippen LogP contribution in [0.15, 0.2) is 23.6 Å². The molecule has 1 aromatic heterocycles.